The van der Waals surface area contributed by atoms with Crippen molar-refractivity contribution < 1.29 is 28.6 Å². The van der Waals surface area contributed by atoms with Crippen molar-refractivity contribution in [2.45, 2.75) is 17.5 Å². The van der Waals surface area contributed by atoms with Crippen LogP contribution in [0, 0.1) is 5.92 Å². The van der Waals surface area contributed by atoms with Crippen LogP contribution in [0.1, 0.15) is 43.4 Å². The normalized spacial score (nSPS) is 22.6. The highest BCUT2D eigenvalue weighted by atomic mass is 16.5. The molecule has 1 saturated heterocycles. The van der Waals surface area contributed by atoms with E-state index in [1.54, 1.807) is 42.5 Å². The van der Waals surface area contributed by atoms with Crippen molar-refractivity contribution in [2.75, 3.05) is 26.6 Å². The van der Waals surface area contributed by atoms with Crippen molar-refractivity contribution >= 4 is 29.2 Å². The minimum absolute atomic E-state index is 0.254. The topological polar surface area (TPSA) is 94.2 Å². The van der Waals surface area contributed by atoms with Crippen molar-refractivity contribution in [3.05, 3.63) is 125 Å². The fraction of sp³-hybridized carbons (Fsp3) is 0.194. The van der Waals surface area contributed by atoms with E-state index in [0.29, 0.717) is 34.1 Å². The molecule has 4 aromatic rings. The summed E-state index contributed by atoms with van der Waals surface area (Å²) in [6.07, 6.45) is 3.78. The molecule has 0 saturated carbocycles. The molecule has 0 bridgehead atoms. The second-order valence-electron chi connectivity index (χ2n) is 11.1. The maximum atomic E-state index is 15.2. The van der Waals surface area contributed by atoms with E-state index in [1.807, 2.05) is 65.7 Å². The van der Waals surface area contributed by atoms with Crippen molar-refractivity contribution in [3.63, 3.8) is 0 Å². The van der Waals surface area contributed by atoms with Crippen molar-refractivity contribution in [3.8, 4) is 17.2 Å². The summed E-state index contributed by atoms with van der Waals surface area (Å²) in [6, 6.07) is 25.4. The van der Waals surface area contributed by atoms with Gasteiger partial charge in [-0.15, -0.1) is 0 Å². The van der Waals surface area contributed by atoms with Crippen LogP contribution in [0.3, 0.4) is 0 Å². The number of carbonyl (C=O) groups is 3. The summed E-state index contributed by atoms with van der Waals surface area (Å²) < 4.78 is 16.7. The molecule has 8 heteroatoms. The lowest BCUT2D eigenvalue weighted by Gasteiger charge is -2.38. The van der Waals surface area contributed by atoms with E-state index in [1.165, 1.54) is 21.3 Å². The van der Waals surface area contributed by atoms with Crippen LogP contribution in [-0.2, 0) is 10.2 Å². The van der Waals surface area contributed by atoms with Gasteiger partial charge in [0.05, 0.1) is 44.4 Å². The third-order valence-corrected chi connectivity index (χ3v) is 9.17. The number of hydrogen-bond donors (Lipinski definition) is 1. The van der Waals surface area contributed by atoms with E-state index in [-0.39, 0.29) is 23.0 Å². The lowest BCUT2D eigenvalue weighted by Crippen LogP contribution is -2.49. The van der Waals surface area contributed by atoms with Crippen LogP contribution in [0.4, 0.5) is 5.69 Å². The van der Waals surface area contributed by atoms with Crippen molar-refractivity contribution in [1.29, 1.82) is 0 Å². The smallest absolute Gasteiger partial charge is 0.238 e. The van der Waals surface area contributed by atoms with Crippen LogP contribution in [0.25, 0.3) is 6.08 Å². The number of Topliss-reactive ketones (excluding diaryl/α,β-unsaturated/α-hetero) is 2. The number of rotatable bonds is 7. The first-order valence-corrected chi connectivity index (χ1v) is 14.3. The summed E-state index contributed by atoms with van der Waals surface area (Å²) in [4.78, 5) is 46.6. The molecule has 8 nitrogen and oxygen atoms in total. The quantitative estimate of drug-likeness (QED) is 0.278. The number of ether oxygens (including phenoxy) is 3. The molecule has 0 aromatic heterocycles. The Bertz CT molecular complexity index is 1870. The van der Waals surface area contributed by atoms with Gasteiger partial charge in [0.2, 0.25) is 5.91 Å². The Morgan fingerprint density at radius 3 is 2.27 bits per heavy atom. The Kier molecular flexibility index (Phi) is 6.50. The number of benzene rings is 4. The number of ketones is 2. The largest absolute Gasteiger partial charge is 0.497 e. The molecule has 3 aliphatic heterocycles. The van der Waals surface area contributed by atoms with Gasteiger partial charge in [-0.25, -0.2) is 0 Å². The Hall–Kier alpha value is -5.37. The predicted molar refractivity (Wildman–Crippen MR) is 165 cm³/mol. The number of fused-ring (bicyclic) bond motifs is 6. The van der Waals surface area contributed by atoms with Gasteiger partial charge in [-0.05, 0) is 53.1 Å². The molecule has 4 atom stereocenters. The Balaban J connectivity index is 1.55. The SMILES string of the molecule is COc1ccc(C(=O)[C@H]2[C@H](C(=O)c3ccccc3OC)N3C=Cc4ccccc4[C@@H]3[C@]23C(=O)Nc2ccccc23)c(OC)c1. The van der Waals surface area contributed by atoms with Gasteiger partial charge >= 0.3 is 0 Å². The van der Waals surface area contributed by atoms with Gasteiger partial charge in [0, 0.05) is 18.0 Å². The molecule has 1 fully saturated rings. The number of carbonyl (C=O) groups excluding carboxylic acids is 3. The van der Waals surface area contributed by atoms with E-state index in [4.69, 9.17) is 14.2 Å². The molecular weight excluding hydrogens is 556 g/mol. The molecule has 0 aliphatic carbocycles. The number of hydrogen-bond acceptors (Lipinski definition) is 7. The fourth-order valence-electron chi connectivity index (χ4n) is 7.34. The summed E-state index contributed by atoms with van der Waals surface area (Å²) in [5, 5.41) is 3.07. The number of methoxy groups -OCH3 is 3. The van der Waals surface area contributed by atoms with Crippen molar-refractivity contribution in [1.82, 2.24) is 4.90 Å². The average molecular weight is 587 g/mol. The molecule has 1 amide bonds. The van der Waals surface area contributed by atoms with Gasteiger partial charge in [0.15, 0.2) is 11.6 Å². The van der Waals surface area contributed by atoms with Gasteiger partial charge in [-0.1, -0.05) is 54.6 Å². The second kappa shape index (κ2) is 10.4. The zero-order chi connectivity index (χ0) is 30.6. The Labute approximate surface area is 254 Å². The van der Waals surface area contributed by atoms with E-state index < -0.39 is 23.4 Å². The van der Waals surface area contributed by atoms with Crippen LogP contribution < -0.4 is 19.5 Å². The van der Waals surface area contributed by atoms with E-state index >= 15 is 4.79 Å². The van der Waals surface area contributed by atoms with Crippen molar-refractivity contribution in [2.24, 2.45) is 5.92 Å². The predicted octanol–water partition coefficient (Wildman–Crippen LogP) is 5.69. The summed E-state index contributed by atoms with van der Waals surface area (Å²) in [6.45, 7) is 0. The minimum Gasteiger partial charge on any atom is -0.497 e. The maximum Gasteiger partial charge on any atom is 0.238 e. The van der Waals surface area contributed by atoms with Crippen LogP contribution in [-0.4, -0.2) is 49.7 Å². The molecule has 220 valence electrons. The van der Waals surface area contributed by atoms with Crippen LogP contribution in [0.5, 0.6) is 17.2 Å². The third-order valence-electron chi connectivity index (χ3n) is 9.17. The zero-order valence-corrected chi connectivity index (χ0v) is 24.4. The first-order valence-electron chi connectivity index (χ1n) is 14.3. The highest BCUT2D eigenvalue weighted by Gasteiger charge is 2.71. The van der Waals surface area contributed by atoms with Gasteiger partial charge in [-0.2, -0.15) is 0 Å². The highest BCUT2D eigenvalue weighted by Crippen LogP contribution is 2.62. The average Bonchev–Trinajstić information content (AvgIpc) is 3.55. The number of amides is 1. The first-order chi connectivity index (χ1) is 21.4. The van der Waals surface area contributed by atoms with E-state index in [0.717, 1.165) is 11.1 Å². The minimum atomic E-state index is -1.46. The number of anilines is 1. The molecule has 3 heterocycles. The number of nitrogens with one attached hydrogen (secondary N) is 1. The number of nitrogens with zero attached hydrogens (tertiary/aromatic N) is 1. The zero-order valence-electron chi connectivity index (χ0n) is 24.4. The summed E-state index contributed by atoms with van der Waals surface area (Å²) >= 11 is 0. The Morgan fingerprint density at radius 2 is 1.48 bits per heavy atom. The first kappa shape index (κ1) is 27.5. The Morgan fingerprint density at radius 1 is 0.773 bits per heavy atom. The van der Waals surface area contributed by atoms with Gasteiger partial charge in [0.25, 0.3) is 0 Å². The highest BCUT2D eigenvalue weighted by molar-refractivity contribution is 6.17. The molecule has 1 N–H and O–H groups in total. The third kappa shape index (κ3) is 3.73. The number of para-hydroxylation sites is 2. The monoisotopic (exact) mass is 586 g/mol. The van der Waals surface area contributed by atoms with Crippen LogP contribution >= 0.6 is 0 Å². The maximum absolute atomic E-state index is 15.2. The fourth-order valence-corrected chi connectivity index (χ4v) is 7.34. The van der Waals surface area contributed by atoms with Gasteiger partial charge in [-0.3, -0.25) is 14.4 Å². The molecule has 44 heavy (non-hydrogen) atoms. The summed E-state index contributed by atoms with van der Waals surface area (Å²) in [7, 11) is 4.52. The molecule has 0 radical (unpaired) electrons. The summed E-state index contributed by atoms with van der Waals surface area (Å²) in [5.41, 5.74) is 2.20. The van der Waals surface area contributed by atoms with Crippen LogP contribution in [0.15, 0.2) is 97.2 Å². The van der Waals surface area contributed by atoms with Crippen LogP contribution in [0.2, 0.25) is 0 Å². The molecule has 0 unspecified atom stereocenters. The molecule has 1 spiro atoms. The lowest BCUT2D eigenvalue weighted by molar-refractivity contribution is -0.122. The standard InChI is InChI=1S/C36H30N2O6/c1-42-22-16-17-25(29(20-22)44-3)32(39)30-31(33(40)24-12-6-9-15-28(24)43-2)38-19-18-21-10-4-5-11-23(21)34(38)36(30)26-13-7-8-14-27(26)37-35(36)41/h4-20,30-31,34H,1-3H3,(H,37,41)/t30-,31-,34-,36-/m1/s1. The van der Waals surface area contributed by atoms with Gasteiger partial charge < -0.3 is 24.4 Å². The van der Waals surface area contributed by atoms with E-state index in [2.05, 4.69) is 5.32 Å². The molecular formula is C36H30N2O6. The van der Waals surface area contributed by atoms with Gasteiger partial charge in [0.1, 0.15) is 28.7 Å². The molecule has 7 rings (SSSR count). The lowest BCUT2D eigenvalue weighted by atomic mass is 9.62. The van der Waals surface area contributed by atoms with E-state index in [9.17, 15) is 9.59 Å². The summed E-state index contributed by atoms with van der Waals surface area (Å²) in [5.74, 6) is -0.992. The second-order valence-corrected chi connectivity index (χ2v) is 11.1. The molecule has 4 aromatic carbocycles. The molecule has 3 aliphatic rings.